The predicted molar refractivity (Wildman–Crippen MR) is 73.0 cm³/mol. The molecular formula is C14H11ClO2S. The van der Waals surface area contributed by atoms with Gasteiger partial charge in [-0.25, -0.2) is 0 Å². The Morgan fingerprint density at radius 2 is 2.22 bits per heavy atom. The number of aryl methyl sites for hydroxylation is 1. The number of halogens is 1. The number of carbonyl (C=O) groups is 1. The van der Waals surface area contributed by atoms with Crippen LogP contribution < -0.4 is 4.74 Å². The maximum absolute atomic E-state index is 12.4. The van der Waals surface area contributed by atoms with Crippen molar-refractivity contribution >= 4 is 28.7 Å². The summed E-state index contributed by atoms with van der Waals surface area (Å²) >= 11 is 7.38. The molecule has 2 nitrogen and oxygen atoms in total. The Kier molecular flexibility index (Phi) is 3.10. The first-order chi connectivity index (χ1) is 8.77. The molecule has 1 aliphatic rings. The van der Waals surface area contributed by atoms with Crippen molar-refractivity contribution in [3.8, 4) is 5.75 Å². The first-order valence-corrected chi connectivity index (χ1v) is 7.05. The molecular weight excluding hydrogens is 268 g/mol. The number of benzene rings is 1. The van der Waals surface area contributed by atoms with Gasteiger partial charge in [-0.2, -0.15) is 0 Å². The molecule has 0 N–H and O–H groups in total. The fourth-order valence-electron chi connectivity index (χ4n) is 2.15. The van der Waals surface area contributed by atoms with Crippen LogP contribution in [0.25, 0.3) is 0 Å². The van der Waals surface area contributed by atoms with E-state index in [-0.39, 0.29) is 5.78 Å². The third-order valence-electron chi connectivity index (χ3n) is 3.00. The highest BCUT2D eigenvalue weighted by molar-refractivity contribution is 7.13. The predicted octanol–water partition coefficient (Wildman–Crippen LogP) is 3.96. The van der Waals surface area contributed by atoms with E-state index in [1.165, 1.54) is 11.3 Å². The molecule has 4 heteroatoms. The molecule has 0 saturated heterocycles. The Morgan fingerprint density at radius 3 is 3.00 bits per heavy atom. The van der Waals surface area contributed by atoms with Crippen LogP contribution in [0.1, 0.15) is 27.2 Å². The molecule has 0 aliphatic carbocycles. The molecule has 0 fully saturated rings. The van der Waals surface area contributed by atoms with E-state index in [2.05, 4.69) is 0 Å². The average Bonchev–Trinajstić information content (AvgIpc) is 2.83. The van der Waals surface area contributed by atoms with Crippen molar-refractivity contribution in [1.82, 2.24) is 0 Å². The standard InChI is InChI=1S/C14H11ClO2S/c15-11-6-8-18-14(11)12(16)10-5-1-3-9-4-2-7-17-13(9)10/h1,3,5-6,8H,2,4,7H2. The lowest BCUT2D eigenvalue weighted by atomic mass is 9.99. The average molecular weight is 279 g/mol. The fourth-order valence-corrected chi connectivity index (χ4v) is 3.24. The fraction of sp³-hybridized carbons (Fsp3) is 0.214. The van der Waals surface area contributed by atoms with Gasteiger partial charge >= 0.3 is 0 Å². The Morgan fingerprint density at radius 1 is 1.33 bits per heavy atom. The Bertz CT molecular complexity index is 604. The molecule has 1 aromatic carbocycles. The van der Waals surface area contributed by atoms with Crippen LogP contribution in [0.2, 0.25) is 5.02 Å². The van der Waals surface area contributed by atoms with E-state index in [4.69, 9.17) is 16.3 Å². The third-order valence-corrected chi connectivity index (χ3v) is 4.34. The van der Waals surface area contributed by atoms with Crippen LogP contribution in [0.5, 0.6) is 5.75 Å². The van der Waals surface area contributed by atoms with E-state index < -0.39 is 0 Å². The molecule has 0 spiro atoms. The summed E-state index contributed by atoms with van der Waals surface area (Å²) in [5.41, 5.74) is 1.73. The zero-order valence-corrected chi connectivity index (χ0v) is 11.2. The minimum absolute atomic E-state index is 0.0475. The van der Waals surface area contributed by atoms with E-state index in [1.807, 2.05) is 23.6 Å². The highest BCUT2D eigenvalue weighted by atomic mass is 35.5. The van der Waals surface area contributed by atoms with Gasteiger partial charge in [-0.1, -0.05) is 23.7 Å². The van der Waals surface area contributed by atoms with E-state index >= 15 is 0 Å². The summed E-state index contributed by atoms with van der Waals surface area (Å²) in [6.45, 7) is 0.676. The molecule has 0 amide bonds. The summed E-state index contributed by atoms with van der Waals surface area (Å²) in [4.78, 5) is 13.0. The number of fused-ring (bicyclic) bond motifs is 1. The summed E-state index contributed by atoms with van der Waals surface area (Å²) in [6.07, 6.45) is 1.97. The Hall–Kier alpha value is -1.32. The van der Waals surface area contributed by atoms with E-state index in [1.54, 1.807) is 6.07 Å². The van der Waals surface area contributed by atoms with Gasteiger partial charge in [0, 0.05) is 0 Å². The van der Waals surface area contributed by atoms with Crippen molar-refractivity contribution in [2.24, 2.45) is 0 Å². The molecule has 0 radical (unpaired) electrons. The van der Waals surface area contributed by atoms with Crippen LogP contribution in [-0.2, 0) is 6.42 Å². The summed E-state index contributed by atoms with van der Waals surface area (Å²) in [6, 6.07) is 7.47. The SMILES string of the molecule is O=C(c1cccc2c1OCCC2)c1sccc1Cl. The van der Waals surface area contributed by atoms with Gasteiger partial charge in [0.2, 0.25) is 5.78 Å². The number of para-hydroxylation sites is 1. The molecule has 1 aliphatic heterocycles. The number of ketones is 1. The maximum atomic E-state index is 12.4. The van der Waals surface area contributed by atoms with Gasteiger partial charge in [0.05, 0.1) is 22.1 Å². The molecule has 0 saturated carbocycles. The molecule has 3 rings (SSSR count). The van der Waals surface area contributed by atoms with Crippen LogP contribution in [-0.4, -0.2) is 12.4 Å². The van der Waals surface area contributed by atoms with Crippen molar-refractivity contribution in [2.45, 2.75) is 12.8 Å². The topological polar surface area (TPSA) is 26.3 Å². The minimum Gasteiger partial charge on any atom is -0.493 e. The van der Waals surface area contributed by atoms with Crippen LogP contribution in [0.3, 0.4) is 0 Å². The number of ether oxygens (including phenoxy) is 1. The number of rotatable bonds is 2. The second kappa shape index (κ2) is 4.75. The molecule has 2 heterocycles. The molecule has 92 valence electrons. The number of hydrogen-bond acceptors (Lipinski definition) is 3. The molecule has 0 atom stereocenters. The largest absolute Gasteiger partial charge is 0.493 e. The Balaban J connectivity index is 2.07. The maximum Gasteiger partial charge on any atom is 0.208 e. The highest BCUT2D eigenvalue weighted by Crippen LogP contribution is 2.33. The van der Waals surface area contributed by atoms with E-state index in [0.717, 1.165) is 24.2 Å². The van der Waals surface area contributed by atoms with Crippen LogP contribution in [0.4, 0.5) is 0 Å². The summed E-state index contributed by atoms with van der Waals surface area (Å²) in [7, 11) is 0. The van der Waals surface area contributed by atoms with Crippen LogP contribution in [0.15, 0.2) is 29.6 Å². The molecule has 2 aromatic rings. The zero-order chi connectivity index (χ0) is 12.5. The van der Waals surface area contributed by atoms with E-state index in [9.17, 15) is 4.79 Å². The van der Waals surface area contributed by atoms with Gasteiger partial charge in [-0.05, 0) is 35.9 Å². The van der Waals surface area contributed by atoms with Crippen molar-refractivity contribution in [1.29, 1.82) is 0 Å². The van der Waals surface area contributed by atoms with Crippen LogP contribution >= 0.6 is 22.9 Å². The summed E-state index contributed by atoms with van der Waals surface area (Å²) < 4.78 is 5.65. The Labute approximate surface area is 114 Å². The lowest BCUT2D eigenvalue weighted by Gasteiger charge is -2.19. The van der Waals surface area contributed by atoms with E-state index in [0.29, 0.717) is 22.1 Å². The molecule has 0 bridgehead atoms. The molecule has 0 unspecified atom stereocenters. The smallest absolute Gasteiger partial charge is 0.208 e. The van der Waals surface area contributed by atoms with Gasteiger partial charge in [0.15, 0.2) is 0 Å². The third kappa shape index (κ3) is 1.93. The van der Waals surface area contributed by atoms with Crippen molar-refractivity contribution in [3.05, 3.63) is 50.7 Å². The van der Waals surface area contributed by atoms with Crippen molar-refractivity contribution < 1.29 is 9.53 Å². The summed E-state index contributed by atoms with van der Waals surface area (Å²) in [5.74, 6) is 0.687. The highest BCUT2D eigenvalue weighted by Gasteiger charge is 2.22. The molecule has 18 heavy (non-hydrogen) atoms. The first kappa shape index (κ1) is 11.8. The number of thiophene rings is 1. The zero-order valence-electron chi connectivity index (χ0n) is 9.61. The van der Waals surface area contributed by atoms with Gasteiger partial charge in [0.1, 0.15) is 5.75 Å². The quantitative estimate of drug-likeness (QED) is 0.777. The van der Waals surface area contributed by atoms with Gasteiger partial charge in [-0.15, -0.1) is 11.3 Å². The second-order valence-corrected chi connectivity index (χ2v) is 5.50. The van der Waals surface area contributed by atoms with Crippen molar-refractivity contribution in [3.63, 3.8) is 0 Å². The van der Waals surface area contributed by atoms with Crippen molar-refractivity contribution in [2.75, 3.05) is 6.61 Å². The van der Waals surface area contributed by atoms with Crippen LogP contribution in [0, 0.1) is 0 Å². The van der Waals surface area contributed by atoms with Gasteiger partial charge < -0.3 is 4.74 Å². The lowest BCUT2D eigenvalue weighted by Crippen LogP contribution is -2.13. The second-order valence-electron chi connectivity index (χ2n) is 4.17. The first-order valence-electron chi connectivity index (χ1n) is 5.80. The summed E-state index contributed by atoms with van der Waals surface area (Å²) in [5, 5.41) is 2.34. The lowest BCUT2D eigenvalue weighted by molar-refractivity contribution is 0.103. The number of hydrogen-bond donors (Lipinski definition) is 0. The number of carbonyl (C=O) groups excluding carboxylic acids is 1. The van der Waals surface area contributed by atoms with Gasteiger partial charge in [-0.3, -0.25) is 4.79 Å². The minimum atomic E-state index is -0.0475. The monoisotopic (exact) mass is 278 g/mol. The molecule has 1 aromatic heterocycles. The normalized spacial score (nSPS) is 13.8. The van der Waals surface area contributed by atoms with Gasteiger partial charge in [0.25, 0.3) is 0 Å².